The fraction of sp³-hybridized carbons (Fsp3) is 0.500. The molecule has 0 aliphatic carbocycles. The Hall–Kier alpha value is -1.31. The van der Waals surface area contributed by atoms with Crippen molar-refractivity contribution in [2.75, 3.05) is 18.0 Å². The van der Waals surface area contributed by atoms with Gasteiger partial charge in [-0.25, -0.2) is 4.98 Å². The first-order valence-electron chi connectivity index (χ1n) is 5.55. The molecule has 1 aliphatic rings. The standard InChI is InChI=1S/C12H14ClN3O/c1-12(17)2-4-16(5-3-12)10-6-9(8-14)15-11(13)7-10/h6-7,17H,2-5H2,1H3. The van der Waals surface area contributed by atoms with E-state index in [1.54, 1.807) is 12.1 Å². The van der Waals surface area contributed by atoms with Crippen molar-refractivity contribution in [3.63, 3.8) is 0 Å². The molecular formula is C12H14ClN3O. The van der Waals surface area contributed by atoms with Gasteiger partial charge in [0, 0.05) is 18.8 Å². The van der Waals surface area contributed by atoms with Crippen LogP contribution in [0.2, 0.25) is 5.15 Å². The normalized spacial score (nSPS) is 18.8. The van der Waals surface area contributed by atoms with Gasteiger partial charge in [-0.05, 0) is 31.9 Å². The molecule has 1 aromatic heterocycles. The first-order chi connectivity index (χ1) is 8.00. The number of hydrogen-bond donors (Lipinski definition) is 1. The van der Waals surface area contributed by atoms with E-state index >= 15 is 0 Å². The number of rotatable bonds is 1. The van der Waals surface area contributed by atoms with Crippen molar-refractivity contribution in [3.8, 4) is 6.07 Å². The SMILES string of the molecule is CC1(O)CCN(c2cc(Cl)nc(C#N)c2)CC1. The van der Waals surface area contributed by atoms with Crippen LogP contribution in [0.4, 0.5) is 5.69 Å². The highest BCUT2D eigenvalue weighted by Gasteiger charge is 2.27. The molecule has 0 aromatic carbocycles. The predicted octanol–water partition coefficient (Wildman–Crippen LogP) is 1.96. The second-order valence-corrected chi connectivity index (χ2v) is 5.02. The van der Waals surface area contributed by atoms with Crippen molar-refractivity contribution in [2.45, 2.75) is 25.4 Å². The van der Waals surface area contributed by atoms with Crippen LogP contribution in [0.25, 0.3) is 0 Å². The number of piperidine rings is 1. The van der Waals surface area contributed by atoms with E-state index in [2.05, 4.69) is 9.88 Å². The van der Waals surface area contributed by atoms with Crippen LogP contribution >= 0.6 is 11.6 Å². The molecule has 5 heteroatoms. The summed E-state index contributed by atoms with van der Waals surface area (Å²) in [6, 6.07) is 5.47. The molecule has 1 saturated heterocycles. The van der Waals surface area contributed by atoms with Crippen molar-refractivity contribution in [1.82, 2.24) is 4.98 Å². The Bertz CT molecular complexity index is 457. The Morgan fingerprint density at radius 3 is 2.71 bits per heavy atom. The lowest BCUT2D eigenvalue weighted by atomic mass is 9.93. The molecule has 2 heterocycles. The molecule has 0 spiro atoms. The van der Waals surface area contributed by atoms with E-state index in [0.29, 0.717) is 10.8 Å². The Balaban J connectivity index is 2.19. The lowest BCUT2D eigenvalue weighted by Crippen LogP contribution is -2.42. The molecule has 4 nitrogen and oxygen atoms in total. The summed E-state index contributed by atoms with van der Waals surface area (Å²) in [4.78, 5) is 6.02. The summed E-state index contributed by atoms with van der Waals surface area (Å²) < 4.78 is 0. The van der Waals surface area contributed by atoms with E-state index in [0.717, 1.165) is 31.6 Å². The van der Waals surface area contributed by atoms with Crippen LogP contribution in [-0.4, -0.2) is 28.8 Å². The van der Waals surface area contributed by atoms with Crippen LogP contribution in [0, 0.1) is 11.3 Å². The highest BCUT2D eigenvalue weighted by atomic mass is 35.5. The molecule has 0 amide bonds. The quantitative estimate of drug-likeness (QED) is 0.775. The largest absolute Gasteiger partial charge is 0.390 e. The lowest BCUT2D eigenvalue weighted by molar-refractivity contribution is 0.0351. The monoisotopic (exact) mass is 251 g/mol. The Labute approximate surface area is 105 Å². The highest BCUT2D eigenvalue weighted by molar-refractivity contribution is 6.29. The fourth-order valence-corrected chi connectivity index (χ4v) is 2.17. The van der Waals surface area contributed by atoms with E-state index in [4.69, 9.17) is 16.9 Å². The number of nitriles is 1. The van der Waals surface area contributed by atoms with Crippen LogP contribution in [0.5, 0.6) is 0 Å². The van der Waals surface area contributed by atoms with Crippen LogP contribution in [0.15, 0.2) is 12.1 Å². The van der Waals surface area contributed by atoms with Gasteiger partial charge in [-0.3, -0.25) is 0 Å². The van der Waals surface area contributed by atoms with Crippen molar-refractivity contribution >= 4 is 17.3 Å². The molecule has 0 radical (unpaired) electrons. The van der Waals surface area contributed by atoms with Crippen molar-refractivity contribution in [3.05, 3.63) is 23.0 Å². The Kier molecular flexibility index (Phi) is 3.23. The maximum absolute atomic E-state index is 9.88. The van der Waals surface area contributed by atoms with E-state index < -0.39 is 5.60 Å². The van der Waals surface area contributed by atoms with Gasteiger partial charge in [0.25, 0.3) is 0 Å². The third kappa shape index (κ3) is 2.87. The lowest BCUT2D eigenvalue weighted by Gasteiger charge is -2.37. The van der Waals surface area contributed by atoms with Crippen molar-refractivity contribution in [1.29, 1.82) is 5.26 Å². The number of aromatic nitrogens is 1. The van der Waals surface area contributed by atoms with Crippen LogP contribution < -0.4 is 4.90 Å². The maximum atomic E-state index is 9.88. The third-order valence-electron chi connectivity index (χ3n) is 3.10. The summed E-state index contributed by atoms with van der Waals surface area (Å²) in [5.41, 5.74) is 0.646. The minimum absolute atomic E-state index is 0.324. The smallest absolute Gasteiger partial charge is 0.144 e. The van der Waals surface area contributed by atoms with Crippen LogP contribution in [0.3, 0.4) is 0 Å². The summed E-state index contributed by atoms with van der Waals surface area (Å²) >= 11 is 5.87. The number of anilines is 1. The molecule has 1 fully saturated rings. The number of aliphatic hydroxyl groups is 1. The van der Waals surface area contributed by atoms with Crippen LogP contribution in [-0.2, 0) is 0 Å². The molecule has 2 rings (SSSR count). The van der Waals surface area contributed by atoms with Crippen LogP contribution in [0.1, 0.15) is 25.5 Å². The average molecular weight is 252 g/mol. The second-order valence-electron chi connectivity index (χ2n) is 4.63. The van der Waals surface area contributed by atoms with E-state index in [-0.39, 0.29) is 0 Å². The summed E-state index contributed by atoms with van der Waals surface area (Å²) in [7, 11) is 0. The number of pyridine rings is 1. The Morgan fingerprint density at radius 2 is 2.12 bits per heavy atom. The molecule has 1 aromatic rings. The van der Waals surface area contributed by atoms with Gasteiger partial charge in [-0.1, -0.05) is 11.6 Å². The highest BCUT2D eigenvalue weighted by Crippen LogP contribution is 2.27. The summed E-state index contributed by atoms with van der Waals surface area (Å²) in [5, 5.41) is 19.0. The van der Waals surface area contributed by atoms with Gasteiger partial charge in [0.15, 0.2) is 0 Å². The fourth-order valence-electron chi connectivity index (χ4n) is 1.97. The molecule has 17 heavy (non-hydrogen) atoms. The van der Waals surface area contributed by atoms with Gasteiger partial charge in [0.1, 0.15) is 16.9 Å². The van der Waals surface area contributed by atoms with Crippen molar-refractivity contribution in [2.24, 2.45) is 0 Å². The minimum atomic E-state index is -0.578. The second kappa shape index (κ2) is 4.52. The van der Waals surface area contributed by atoms with Gasteiger partial charge < -0.3 is 10.0 Å². The molecule has 1 N–H and O–H groups in total. The summed E-state index contributed by atoms with van der Waals surface area (Å²) in [6.07, 6.45) is 1.43. The summed E-state index contributed by atoms with van der Waals surface area (Å²) in [5.74, 6) is 0. The topological polar surface area (TPSA) is 60.1 Å². The summed E-state index contributed by atoms with van der Waals surface area (Å²) in [6.45, 7) is 3.38. The molecule has 0 saturated carbocycles. The maximum Gasteiger partial charge on any atom is 0.144 e. The van der Waals surface area contributed by atoms with Gasteiger partial charge in [0.05, 0.1) is 5.60 Å². The molecular weight excluding hydrogens is 238 g/mol. The molecule has 0 unspecified atom stereocenters. The van der Waals surface area contributed by atoms with Gasteiger partial charge >= 0.3 is 0 Å². The Morgan fingerprint density at radius 1 is 1.47 bits per heavy atom. The van der Waals surface area contributed by atoms with Gasteiger partial charge in [-0.2, -0.15) is 5.26 Å². The third-order valence-corrected chi connectivity index (χ3v) is 3.29. The molecule has 90 valence electrons. The van der Waals surface area contributed by atoms with E-state index in [1.165, 1.54) is 0 Å². The molecule has 0 atom stereocenters. The predicted molar refractivity (Wildman–Crippen MR) is 66.0 cm³/mol. The van der Waals surface area contributed by atoms with Crippen molar-refractivity contribution < 1.29 is 5.11 Å². The number of nitrogens with zero attached hydrogens (tertiary/aromatic N) is 3. The molecule has 1 aliphatic heterocycles. The first-order valence-corrected chi connectivity index (χ1v) is 5.93. The first kappa shape index (κ1) is 12.2. The number of halogens is 1. The number of hydrogen-bond acceptors (Lipinski definition) is 4. The van der Waals surface area contributed by atoms with Gasteiger partial charge in [-0.15, -0.1) is 0 Å². The average Bonchev–Trinajstić information content (AvgIpc) is 2.28. The zero-order chi connectivity index (χ0) is 12.5. The van der Waals surface area contributed by atoms with E-state index in [1.807, 2.05) is 13.0 Å². The zero-order valence-corrected chi connectivity index (χ0v) is 10.4. The molecule has 0 bridgehead atoms. The van der Waals surface area contributed by atoms with E-state index in [9.17, 15) is 5.11 Å². The minimum Gasteiger partial charge on any atom is -0.390 e. The zero-order valence-electron chi connectivity index (χ0n) is 9.65. The van der Waals surface area contributed by atoms with Gasteiger partial charge in [0.2, 0.25) is 0 Å².